The molecule has 13 rings (SSSR count). The van der Waals surface area contributed by atoms with Gasteiger partial charge in [-0.25, -0.2) is 0 Å². The standard InChI is InChI=1S/C68H47F3N4/c1-46-66(74-62-31-16-14-29-58(62)60-44-56(37-39-64(60)74)72(52-21-6-2-7-22-52)53-23-8-3-9-24-53)42-50(48-35-33-47(34-36-48)49-19-18-20-51(41-49)68(69,70)71)43-67(46)75-63-32-17-15-30-59(63)61-45-57(38-40-65(61)75)73(54-25-10-4-11-26-54)55-27-12-5-13-28-55/h2-45H,1H3. The molecule has 0 saturated heterocycles. The molecule has 0 radical (unpaired) electrons. The van der Waals surface area contributed by atoms with Crippen molar-refractivity contribution in [1.82, 2.24) is 9.13 Å². The third-order valence-corrected chi connectivity index (χ3v) is 14.5. The van der Waals surface area contributed by atoms with Gasteiger partial charge in [-0.15, -0.1) is 0 Å². The van der Waals surface area contributed by atoms with Crippen LogP contribution in [0.15, 0.2) is 267 Å². The molecule has 0 fully saturated rings. The van der Waals surface area contributed by atoms with Gasteiger partial charge in [-0.2, -0.15) is 13.2 Å². The zero-order chi connectivity index (χ0) is 50.6. The molecule has 0 unspecified atom stereocenters. The fourth-order valence-corrected chi connectivity index (χ4v) is 11.0. The molecule has 0 bridgehead atoms. The summed E-state index contributed by atoms with van der Waals surface area (Å²) in [7, 11) is 0. The van der Waals surface area contributed by atoms with Gasteiger partial charge in [0.15, 0.2) is 0 Å². The molecule has 0 spiro atoms. The van der Waals surface area contributed by atoms with Gasteiger partial charge in [-0.05, 0) is 156 Å². The number of rotatable bonds is 10. The number of halogens is 3. The number of fused-ring (bicyclic) bond motifs is 6. The molecule has 0 amide bonds. The van der Waals surface area contributed by atoms with Crippen molar-refractivity contribution in [2.45, 2.75) is 13.1 Å². The number of hydrogen-bond acceptors (Lipinski definition) is 2. The molecule has 360 valence electrons. The van der Waals surface area contributed by atoms with Gasteiger partial charge in [0.05, 0.1) is 39.0 Å². The first-order valence-electron chi connectivity index (χ1n) is 25.1. The Labute approximate surface area is 432 Å². The van der Waals surface area contributed by atoms with Gasteiger partial charge < -0.3 is 18.9 Å². The maximum absolute atomic E-state index is 13.9. The van der Waals surface area contributed by atoms with Crippen LogP contribution in [0.5, 0.6) is 0 Å². The van der Waals surface area contributed by atoms with Crippen LogP contribution in [0, 0.1) is 6.92 Å². The van der Waals surface area contributed by atoms with E-state index in [1.54, 1.807) is 6.07 Å². The quantitative estimate of drug-likeness (QED) is 0.136. The summed E-state index contributed by atoms with van der Waals surface area (Å²) in [4.78, 5) is 4.59. The van der Waals surface area contributed by atoms with Gasteiger partial charge in [0.25, 0.3) is 0 Å². The molecule has 13 aromatic rings. The summed E-state index contributed by atoms with van der Waals surface area (Å²) >= 11 is 0. The lowest BCUT2D eigenvalue weighted by Gasteiger charge is -2.25. The molecule has 2 aromatic heterocycles. The van der Waals surface area contributed by atoms with Crippen molar-refractivity contribution < 1.29 is 13.2 Å². The Morgan fingerprint density at radius 1 is 0.293 bits per heavy atom. The number of aromatic nitrogens is 2. The zero-order valence-electron chi connectivity index (χ0n) is 40.8. The van der Waals surface area contributed by atoms with E-state index in [4.69, 9.17) is 0 Å². The highest BCUT2D eigenvalue weighted by Crippen LogP contribution is 2.45. The van der Waals surface area contributed by atoms with E-state index in [-0.39, 0.29) is 0 Å². The lowest BCUT2D eigenvalue weighted by atomic mass is 9.97. The highest BCUT2D eigenvalue weighted by atomic mass is 19.4. The van der Waals surface area contributed by atoms with Crippen LogP contribution < -0.4 is 9.80 Å². The second kappa shape index (κ2) is 18.5. The Bertz CT molecular complexity index is 3920. The van der Waals surface area contributed by atoms with Gasteiger partial charge in [0.2, 0.25) is 0 Å². The van der Waals surface area contributed by atoms with Crippen molar-refractivity contribution in [2.24, 2.45) is 0 Å². The van der Waals surface area contributed by atoms with Crippen LogP contribution in [-0.2, 0) is 6.18 Å². The average molecular weight is 977 g/mol. The van der Waals surface area contributed by atoms with E-state index in [1.165, 1.54) is 12.1 Å². The number of anilines is 6. The number of para-hydroxylation sites is 6. The molecular formula is C68H47F3N4. The minimum atomic E-state index is -4.44. The summed E-state index contributed by atoms with van der Waals surface area (Å²) in [5.74, 6) is 0. The number of nitrogens with zero attached hydrogens (tertiary/aromatic N) is 4. The first kappa shape index (κ1) is 45.3. The molecule has 7 heteroatoms. The van der Waals surface area contributed by atoms with Crippen molar-refractivity contribution in [3.63, 3.8) is 0 Å². The van der Waals surface area contributed by atoms with Crippen LogP contribution in [0.1, 0.15) is 11.1 Å². The van der Waals surface area contributed by atoms with E-state index in [0.29, 0.717) is 11.1 Å². The van der Waals surface area contributed by atoms with E-state index in [2.05, 4.69) is 220 Å². The maximum atomic E-state index is 13.9. The molecule has 0 N–H and O–H groups in total. The normalized spacial score (nSPS) is 11.7. The van der Waals surface area contributed by atoms with Crippen LogP contribution in [0.25, 0.3) is 77.2 Å². The van der Waals surface area contributed by atoms with Crippen molar-refractivity contribution in [3.05, 3.63) is 278 Å². The number of hydrogen-bond donors (Lipinski definition) is 0. The first-order chi connectivity index (χ1) is 36.8. The van der Waals surface area contributed by atoms with Gasteiger partial charge in [0.1, 0.15) is 0 Å². The molecule has 0 aliphatic heterocycles. The predicted molar refractivity (Wildman–Crippen MR) is 305 cm³/mol. The highest BCUT2D eigenvalue weighted by molar-refractivity contribution is 6.12. The average Bonchev–Trinajstić information content (AvgIpc) is 3.97. The van der Waals surface area contributed by atoms with Crippen LogP contribution in [0.2, 0.25) is 0 Å². The second-order valence-electron chi connectivity index (χ2n) is 18.9. The highest BCUT2D eigenvalue weighted by Gasteiger charge is 2.30. The monoisotopic (exact) mass is 976 g/mol. The SMILES string of the molecule is Cc1c(-n2c3ccccc3c3cc(N(c4ccccc4)c4ccccc4)ccc32)cc(-c2ccc(-c3cccc(C(F)(F)F)c3)cc2)cc1-n1c2ccccc2c2cc(N(c3ccccc3)c3ccccc3)ccc21. The summed E-state index contributed by atoms with van der Waals surface area (Å²) in [5.41, 5.74) is 16.1. The maximum Gasteiger partial charge on any atom is 0.416 e. The molecule has 2 heterocycles. The smallest absolute Gasteiger partial charge is 0.310 e. The van der Waals surface area contributed by atoms with Crippen molar-refractivity contribution >= 4 is 77.7 Å². The third kappa shape index (κ3) is 8.06. The third-order valence-electron chi connectivity index (χ3n) is 14.5. The Morgan fingerprint density at radius 3 is 1.08 bits per heavy atom. The van der Waals surface area contributed by atoms with Crippen molar-refractivity contribution in [1.29, 1.82) is 0 Å². The number of alkyl halides is 3. The molecule has 0 aliphatic rings. The molecule has 0 atom stereocenters. The van der Waals surface area contributed by atoms with E-state index in [9.17, 15) is 13.2 Å². The second-order valence-corrected chi connectivity index (χ2v) is 18.9. The fourth-order valence-electron chi connectivity index (χ4n) is 11.0. The zero-order valence-corrected chi connectivity index (χ0v) is 40.8. The molecule has 11 aromatic carbocycles. The first-order valence-corrected chi connectivity index (χ1v) is 25.1. The van der Waals surface area contributed by atoms with Crippen molar-refractivity contribution in [2.75, 3.05) is 9.80 Å². The van der Waals surface area contributed by atoms with Crippen LogP contribution in [0.4, 0.5) is 47.3 Å². The van der Waals surface area contributed by atoms with Crippen LogP contribution in [-0.4, -0.2) is 9.13 Å². The summed E-state index contributed by atoms with van der Waals surface area (Å²) in [6, 6.07) is 90.6. The van der Waals surface area contributed by atoms with E-state index in [0.717, 1.165) is 112 Å². The van der Waals surface area contributed by atoms with Gasteiger partial charge in [-0.1, -0.05) is 146 Å². The van der Waals surface area contributed by atoms with Crippen molar-refractivity contribution in [3.8, 4) is 33.6 Å². The summed E-state index contributed by atoms with van der Waals surface area (Å²) < 4.78 is 46.4. The Kier molecular flexibility index (Phi) is 11.2. The molecular weight excluding hydrogens is 930 g/mol. The molecule has 0 aliphatic carbocycles. The van der Waals surface area contributed by atoms with Crippen LogP contribution in [0.3, 0.4) is 0 Å². The summed E-state index contributed by atoms with van der Waals surface area (Å²) in [5, 5.41) is 4.47. The van der Waals surface area contributed by atoms with E-state index >= 15 is 0 Å². The van der Waals surface area contributed by atoms with Gasteiger partial charge in [0, 0.05) is 55.7 Å². The Hall–Kier alpha value is -9.59. The number of benzene rings is 11. The Balaban J connectivity index is 1.04. The topological polar surface area (TPSA) is 16.3 Å². The van der Waals surface area contributed by atoms with Gasteiger partial charge >= 0.3 is 6.18 Å². The largest absolute Gasteiger partial charge is 0.416 e. The minimum Gasteiger partial charge on any atom is -0.310 e. The van der Waals surface area contributed by atoms with Crippen LogP contribution >= 0.6 is 0 Å². The predicted octanol–water partition coefficient (Wildman–Crippen LogP) is 19.5. The minimum absolute atomic E-state index is 0.507. The Morgan fingerprint density at radius 2 is 0.667 bits per heavy atom. The molecule has 0 saturated carbocycles. The molecule has 75 heavy (non-hydrogen) atoms. The summed E-state index contributed by atoms with van der Waals surface area (Å²) in [6.45, 7) is 2.22. The summed E-state index contributed by atoms with van der Waals surface area (Å²) in [6.07, 6.45) is -4.44. The lowest BCUT2D eigenvalue weighted by molar-refractivity contribution is -0.137. The molecule has 4 nitrogen and oxygen atoms in total. The fraction of sp³-hybridized carbons (Fsp3) is 0.0294. The van der Waals surface area contributed by atoms with E-state index < -0.39 is 11.7 Å². The lowest BCUT2D eigenvalue weighted by Crippen LogP contribution is -2.09. The van der Waals surface area contributed by atoms with E-state index in [1.807, 2.05) is 48.5 Å². The van der Waals surface area contributed by atoms with Gasteiger partial charge in [-0.3, -0.25) is 0 Å².